The second kappa shape index (κ2) is 11.6. The van der Waals surface area contributed by atoms with Gasteiger partial charge in [-0.05, 0) is 61.2 Å². The number of aromatic nitrogens is 1. The number of benzene rings is 2. The van der Waals surface area contributed by atoms with Gasteiger partial charge in [0.2, 0.25) is 11.8 Å². The van der Waals surface area contributed by atoms with Crippen LogP contribution in [0, 0.1) is 12.8 Å². The molecule has 0 aliphatic heterocycles. The number of nitrogens with zero attached hydrogens (tertiary/aromatic N) is 1. The summed E-state index contributed by atoms with van der Waals surface area (Å²) in [5.74, 6) is 0.791. The van der Waals surface area contributed by atoms with Gasteiger partial charge in [-0.2, -0.15) is 0 Å². The van der Waals surface area contributed by atoms with Crippen LogP contribution < -0.4 is 15.4 Å². The summed E-state index contributed by atoms with van der Waals surface area (Å²) >= 11 is 1.61. The van der Waals surface area contributed by atoms with Crippen molar-refractivity contribution in [2.24, 2.45) is 5.92 Å². The van der Waals surface area contributed by atoms with Gasteiger partial charge in [0.15, 0.2) is 0 Å². The van der Waals surface area contributed by atoms with Crippen molar-refractivity contribution >= 4 is 34.9 Å². The number of anilines is 1. The summed E-state index contributed by atoms with van der Waals surface area (Å²) in [5.41, 5.74) is 3.53. The van der Waals surface area contributed by atoms with Crippen molar-refractivity contribution in [1.82, 2.24) is 10.3 Å². The molecule has 1 aliphatic rings. The lowest BCUT2D eigenvalue weighted by atomic mass is 10.1. The monoisotopic (exact) mass is 475 g/mol. The summed E-state index contributed by atoms with van der Waals surface area (Å²) in [6, 6.07) is 15.2. The number of aryl methyl sites for hydroxylation is 1. The van der Waals surface area contributed by atoms with Crippen LogP contribution in [0.1, 0.15) is 47.5 Å². The highest BCUT2D eigenvalue weighted by atomic mass is 32.1. The fourth-order valence-corrected chi connectivity index (χ4v) is 4.52. The highest BCUT2D eigenvalue weighted by molar-refractivity contribution is 7.09. The zero-order valence-electron chi connectivity index (χ0n) is 19.3. The molecule has 0 radical (unpaired) electrons. The number of hydrogen-bond acceptors (Lipinski definition) is 5. The van der Waals surface area contributed by atoms with Crippen LogP contribution in [0.3, 0.4) is 0 Å². The Labute approximate surface area is 204 Å². The third kappa shape index (κ3) is 7.02. The molecule has 2 amide bonds. The number of ether oxygens (including phenoxy) is 1. The summed E-state index contributed by atoms with van der Waals surface area (Å²) in [6.07, 6.45) is 7.47. The smallest absolute Gasteiger partial charge is 0.244 e. The van der Waals surface area contributed by atoms with Gasteiger partial charge in [0.05, 0.1) is 10.7 Å². The summed E-state index contributed by atoms with van der Waals surface area (Å²) in [6.45, 7) is 2.80. The van der Waals surface area contributed by atoms with E-state index < -0.39 is 0 Å². The summed E-state index contributed by atoms with van der Waals surface area (Å²) < 4.78 is 5.75. The van der Waals surface area contributed by atoms with Crippen molar-refractivity contribution in [2.75, 3.05) is 5.32 Å². The van der Waals surface area contributed by atoms with Gasteiger partial charge in [0, 0.05) is 29.6 Å². The van der Waals surface area contributed by atoms with Crippen molar-refractivity contribution < 1.29 is 14.3 Å². The molecule has 2 N–H and O–H groups in total. The molecule has 0 bridgehead atoms. The van der Waals surface area contributed by atoms with Crippen LogP contribution in [-0.4, -0.2) is 16.8 Å². The zero-order valence-corrected chi connectivity index (χ0v) is 20.1. The molecule has 0 spiro atoms. The topological polar surface area (TPSA) is 80.3 Å². The summed E-state index contributed by atoms with van der Waals surface area (Å²) in [4.78, 5) is 29.0. The molecule has 1 heterocycles. The molecular formula is C27H29N3O3S. The predicted octanol–water partition coefficient (Wildman–Crippen LogP) is 5.49. The number of hydrogen-bond donors (Lipinski definition) is 2. The Morgan fingerprint density at radius 3 is 2.68 bits per heavy atom. The third-order valence-corrected chi connectivity index (χ3v) is 6.57. The Morgan fingerprint density at radius 2 is 1.94 bits per heavy atom. The molecule has 0 saturated heterocycles. The maximum atomic E-state index is 12.3. The standard InChI is InChI=1S/C27H29N3O3S/c1-19-29-24(18-34-19)17-33-25-12-9-20(10-13-25)11-14-26(31)28-16-21-5-4-8-23(15-21)30-27(32)22-6-2-3-7-22/h4-5,8-15,18,22H,2-3,6-7,16-17H2,1H3,(H,28,31)(H,30,32). The second-order valence-electron chi connectivity index (χ2n) is 8.44. The van der Waals surface area contributed by atoms with E-state index in [1.54, 1.807) is 17.4 Å². The van der Waals surface area contributed by atoms with Crippen LogP contribution in [-0.2, 0) is 22.7 Å². The second-order valence-corrected chi connectivity index (χ2v) is 9.50. The molecule has 4 rings (SSSR count). The molecule has 6 nitrogen and oxygen atoms in total. The summed E-state index contributed by atoms with van der Waals surface area (Å²) in [7, 11) is 0. The van der Waals surface area contributed by atoms with E-state index in [4.69, 9.17) is 4.74 Å². The minimum atomic E-state index is -0.181. The number of rotatable bonds is 9. The SMILES string of the molecule is Cc1nc(COc2ccc(C=CC(=O)NCc3cccc(NC(=O)C4CCCC4)c3)cc2)cs1. The number of amides is 2. The van der Waals surface area contributed by atoms with E-state index in [1.807, 2.05) is 60.8 Å². The van der Waals surface area contributed by atoms with Crippen molar-refractivity contribution in [1.29, 1.82) is 0 Å². The van der Waals surface area contributed by atoms with Crippen molar-refractivity contribution in [3.05, 3.63) is 81.8 Å². The van der Waals surface area contributed by atoms with E-state index in [1.165, 1.54) is 6.08 Å². The molecule has 0 atom stereocenters. The number of carbonyl (C=O) groups excluding carboxylic acids is 2. The Hall–Kier alpha value is -3.45. The lowest BCUT2D eigenvalue weighted by Crippen LogP contribution is -2.21. The van der Waals surface area contributed by atoms with Gasteiger partial charge in [-0.1, -0.05) is 37.1 Å². The predicted molar refractivity (Wildman–Crippen MR) is 136 cm³/mol. The molecule has 1 aliphatic carbocycles. The van der Waals surface area contributed by atoms with Gasteiger partial charge >= 0.3 is 0 Å². The quantitative estimate of drug-likeness (QED) is 0.401. The fraction of sp³-hybridized carbons (Fsp3) is 0.296. The largest absolute Gasteiger partial charge is 0.487 e. The average molecular weight is 476 g/mol. The molecule has 1 saturated carbocycles. The first-order valence-corrected chi connectivity index (χ1v) is 12.4. The maximum Gasteiger partial charge on any atom is 0.244 e. The van der Waals surface area contributed by atoms with Crippen molar-refractivity contribution in [3.8, 4) is 5.75 Å². The molecule has 2 aromatic carbocycles. The minimum Gasteiger partial charge on any atom is -0.487 e. The Balaban J connectivity index is 1.22. The van der Waals surface area contributed by atoms with Crippen LogP contribution in [0.4, 0.5) is 5.69 Å². The van der Waals surface area contributed by atoms with E-state index in [0.717, 1.165) is 58.9 Å². The first kappa shape index (κ1) is 23.7. The van der Waals surface area contributed by atoms with E-state index in [-0.39, 0.29) is 17.7 Å². The van der Waals surface area contributed by atoms with E-state index in [9.17, 15) is 9.59 Å². The zero-order chi connectivity index (χ0) is 23.8. The van der Waals surface area contributed by atoms with E-state index in [2.05, 4.69) is 15.6 Å². The molecule has 7 heteroatoms. The number of carbonyl (C=O) groups is 2. The van der Waals surface area contributed by atoms with Gasteiger partial charge in [-0.15, -0.1) is 11.3 Å². The van der Waals surface area contributed by atoms with Gasteiger partial charge in [-0.25, -0.2) is 4.98 Å². The highest BCUT2D eigenvalue weighted by Gasteiger charge is 2.22. The van der Waals surface area contributed by atoms with Crippen molar-refractivity contribution in [3.63, 3.8) is 0 Å². The van der Waals surface area contributed by atoms with Crippen LogP contribution in [0.15, 0.2) is 60.0 Å². The lowest BCUT2D eigenvalue weighted by Gasteiger charge is -2.11. The maximum absolute atomic E-state index is 12.3. The normalized spacial score (nSPS) is 13.8. The van der Waals surface area contributed by atoms with Gasteiger partial charge in [0.25, 0.3) is 0 Å². The van der Waals surface area contributed by atoms with Gasteiger partial charge in [0.1, 0.15) is 12.4 Å². The Bertz CT molecular complexity index is 1150. The van der Waals surface area contributed by atoms with E-state index >= 15 is 0 Å². The van der Waals surface area contributed by atoms with Crippen molar-refractivity contribution in [2.45, 2.75) is 45.8 Å². The Morgan fingerprint density at radius 1 is 1.15 bits per heavy atom. The fourth-order valence-electron chi connectivity index (χ4n) is 3.92. The van der Waals surface area contributed by atoms with Crippen LogP contribution >= 0.6 is 11.3 Å². The molecule has 3 aromatic rings. The number of nitrogens with one attached hydrogen (secondary N) is 2. The van der Waals surface area contributed by atoms with E-state index in [0.29, 0.717) is 13.2 Å². The molecule has 176 valence electrons. The third-order valence-electron chi connectivity index (χ3n) is 5.75. The van der Waals surface area contributed by atoms with Crippen LogP contribution in [0.5, 0.6) is 5.75 Å². The van der Waals surface area contributed by atoms with Crippen LogP contribution in [0.2, 0.25) is 0 Å². The first-order chi connectivity index (χ1) is 16.5. The molecule has 34 heavy (non-hydrogen) atoms. The molecule has 0 unspecified atom stereocenters. The van der Waals surface area contributed by atoms with Crippen LogP contribution in [0.25, 0.3) is 6.08 Å². The first-order valence-electron chi connectivity index (χ1n) is 11.5. The number of thiazole rings is 1. The Kier molecular flexibility index (Phi) is 8.09. The van der Waals surface area contributed by atoms with Gasteiger partial charge in [-0.3, -0.25) is 9.59 Å². The molecular weight excluding hydrogens is 446 g/mol. The molecule has 1 fully saturated rings. The van der Waals surface area contributed by atoms with Gasteiger partial charge < -0.3 is 15.4 Å². The minimum absolute atomic E-state index is 0.0938. The molecule has 1 aromatic heterocycles. The lowest BCUT2D eigenvalue weighted by molar-refractivity contribution is -0.119. The highest BCUT2D eigenvalue weighted by Crippen LogP contribution is 2.26. The summed E-state index contributed by atoms with van der Waals surface area (Å²) in [5, 5.41) is 8.91. The average Bonchev–Trinajstić information content (AvgIpc) is 3.53.